The van der Waals surface area contributed by atoms with E-state index in [0.717, 1.165) is 24.9 Å². The molecule has 1 fully saturated rings. The third-order valence-corrected chi connectivity index (χ3v) is 4.81. The summed E-state index contributed by atoms with van der Waals surface area (Å²) in [5.74, 6) is 0.987. The fraction of sp³-hybridized carbons (Fsp3) is 0.588. The van der Waals surface area contributed by atoms with E-state index in [-0.39, 0.29) is 5.97 Å². The van der Waals surface area contributed by atoms with Gasteiger partial charge in [0, 0.05) is 10.7 Å². The maximum absolute atomic E-state index is 12.5. The molecule has 0 saturated heterocycles. The van der Waals surface area contributed by atoms with Gasteiger partial charge in [-0.15, -0.1) is 0 Å². The second-order valence-corrected chi connectivity index (χ2v) is 6.57. The predicted molar refractivity (Wildman–Crippen MR) is 86.6 cm³/mol. The molecule has 2 rings (SSSR count). The molecule has 1 aromatic carbocycles. The lowest BCUT2D eigenvalue weighted by molar-refractivity contribution is -0.150. The van der Waals surface area contributed by atoms with Crippen molar-refractivity contribution in [2.75, 3.05) is 11.9 Å². The zero-order chi connectivity index (χ0) is 15.5. The summed E-state index contributed by atoms with van der Waals surface area (Å²) in [5.41, 5.74) is 0.296. The van der Waals surface area contributed by atoms with E-state index in [1.807, 2.05) is 31.2 Å². The molecule has 0 spiro atoms. The molecule has 1 aliphatic rings. The molecule has 0 heterocycles. The molecular formula is C17H24ClNO2. The zero-order valence-electron chi connectivity index (χ0n) is 13.0. The van der Waals surface area contributed by atoms with Crippen molar-refractivity contribution in [2.24, 2.45) is 11.8 Å². The number of rotatable bonds is 4. The molecule has 3 nitrogen and oxygen atoms in total. The predicted octanol–water partition coefficient (Wildman–Crippen LogP) is 4.51. The van der Waals surface area contributed by atoms with E-state index >= 15 is 0 Å². The highest BCUT2D eigenvalue weighted by atomic mass is 35.5. The van der Waals surface area contributed by atoms with E-state index in [0.29, 0.717) is 23.5 Å². The topological polar surface area (TPSA) is 38.3 Å². The van der Waals surface area contributed by atoms with Crippen molar-refractivity contribution >= 4 is 23.3 Å². The van der Waals surface area contributed by atoms with Gasteiger partial charge in [0.15, 0.2) is 0 Å². The molecule has 4 heteroatoms. The van der Waals surface area contributed by atoms with Gasteiger partial charge in [0.05, 0.1) is 6.61 Å². The van der Waals surface area contributed by atoms with Crippen molar-refractivity contribution in [2.45, 2.75) is 45.6 Å². The van der Waals surface area contributed by atoms with Crippen LogP contribution in [0.1, 0.15) is 40.0 Å². The lowest BCUT2D eigenvalue weighted by Gasteiger charge is -2.41. The Morgan fingerprint density at radius 1 is 1.33 bits per heavy atom. The molecule has 0 aromatic heterocycles. The summed E-state index contributed by atoms with van der Waals surface area (Å²) in [5, 5.41) is 4.12. The van der Waals surface area contributed by atoms with Crippen molar-refractivity contribution < 1.29 is 9.53 Å². The fourth-order valence-electron chi connectivity index (χ4n) is 3.04. The Labute approximate surface area is 132 Å². The van der Waals surface area contributed by atoms with Crippen LogP contribution in [0.25, 0.3) is 0 Å². The van der Waals surface area contributed by atoms with Crippen LogP contribution in [0.3, 0.4) is 0 Å². The third kappa shape index (κ3) is 3.70. The number of benzene rings is 1. The summed E-state index contributed by atoms with van der Waals surface area (Å²) < 4.78 is 5.34. The quantitative estimate of drug-likeness (QED) is 0.832. The Bertz CT molecular complexity index is 488. The maximum atomic E-state index is 12.5. The first-order valence-corrected chi connectivity index (χ1v) is 8.05. The standard InChI is InChI=1S/C17H24ClNO2/c1-4-21-16(20)17(10-9-12(2)13(3)11-17)19-15-7-5-14(18)6-8-15/h5-8,12-13,19H,4,9-11H2,1-3H3. The van der Waals surface area contributed by atoms with Gasteiger partial charge in [0.25, 0.3) is 0 Å². The maximum Gasteiger partial charge on any atom is 0.331 e. The van der Waals surface area contributed by atoms with Crippen molar-refractivity contribution in [3.05, 3.63) is 29.3 Å². The van der Waals surface area contributed by atoms with Gasteiger partial charge in [-0.1, -0.05) is 25.4 Å². The highest BCUT2D eigenvalue weighted by molar-refractivity contribution is 6.30. The lowest BCUT2D eigenvalue weighted by atomic mass is 9.71. The number of esters is 1. The Hall–Kier alpha value is -1.22. The number of hydrogen-bond acceptors (Lipinski definition) is 3. The van der Waals surface area contributed by atoms with Crippen LogP contribution in [-0.2, 0) is 9.53 Å². The summed E-state index contributed by atoms with van der Waals surface area (Å²) >= 11 is 5.92. The van der Waals surface area contributed by atoms with Gasteiger partial charge in [-0.25, -0.2) is 4.79 Å². The second kappa shape index (κ2) is 6.69. The van der Waals surface area contributed by atoms with E-state index in [2.05, 4.69) is 19.2 Å². The van der Waals surface area contributed by atoms with E-state index < -0.39 is 5.54 Å². The molecule has 1 saturated carbocycles. The molecule has 0 amide bonds. The first kappa shape index (κ1) is 16.2. The highest BCUT2D eigenvalue weighted by Crippen LogP contribution is 2.39. The lowest BCUT2D eigenvalue weighted by Crippen LogP contribution is -2.52. The molecule has 0 aliphatic heterocycles. The number of halogens is 1. The van der Waals surface area contributed by atoms with Crippen LogP contribution in [0.5, 0.6) is 0 Å². The average molecular weight is 310 g/mol. The Morgan fingerprint density at radius 2 is 2.00 bits per heavy atom. The molecule has 1 N–H and O–H groups in total. The van der Waals surface area contributed by atoms with Gasteiger partial charge < -0.3 is 10.1 Å². The molecular weight excluding hydrogens is 286 g/mol. The number of hydrogen-bond donors (Lipinski definition) is 1. The van der Waals surface area contributed by atoms with Gasteiger partial charge in [0.1, 0.15) is 5.54 Å². The van der Waals surface area contributed by atoms with E-state index in [9.17, 15) is 4.79 Å². The highest BCUT2D eigenvalue weighted by Gasteiger charge is 2.45. The van der Waals surface area contributed by atoms with Crippen LogP contribution in [0, 0.1) is 11.8 Å². The van der Waals surface area contributed by atoms with Crippen LogP contribution in [0.2, 0.25) is 5.02 Å². The molecule has 21 heavy (non-hydrogen) atoms. The number of carbonyl (C=O) groups is 1. The molecule has 0 bridgehead atoms. The summed E-state index contributed by atoms with van der Waals surface area (Å²) in [4.78, 5) is 12.5. The number of nitrogens with one attached hydrogen (secondary N) is 1. The van der Waals surface area contributed by atoms with Crippen molar-refractivity contribution in [3.63, 3.8) is 0 Å². The van der Waals surface area contributed by atoms with E-state index in [4.69, 9.17) is 16.3 Å². The third-order valence-electron chi connectivity index (χ3n) is 4.56. The number of anilines is 1. The number of ether oxygens (including phenoxy) is 1. The first-order chi connectivity index (χ1) is 9.97. The van der Waals surface area contributed by atoms with E-state index in [1.54, 1.807) is 0 Å². The minimum absolute atomic E-state index is 0.140. The van der Waals surface area contributed by atoms with Gasteiger partial charge in [0.2, 0.25) is 0 Å². The van der Waals surface area contributed by atoms with Gasteiger partial charge in [-0.3, -0.25) is 0 Å². The van der Waals surface area contributed by atoms with Crippen molar-refractivity contribution in [1.82, 2.24) is 0 Å². The Balaban J connectivity index is 2.23. The van der Waals surface area contributed by atoms with Crippen LogP contribution >= 0.6 is 11.6 Å². The molecule has 116 valence electrons. The first-order valence-electron chi connectivity index (χ1n) is 7.68. The Kier molecular flexibility index (Phi) is 5.15. The molecule has 1 aromatic rings. The van der Waals surface area contributed by atoms with Gasteiger partial charge in [-0.2, -0.15) is 0 Å². The fourth-order valence-corrected chi connectivity index (χ4v) is 3.17. The smallest absolute Gasteiger partial charge is 0.331 e. The summed E-state index contributed by atoms with van der Waals surface area (Å²) in [6, 6.07) is 7.48. The molecule has 0 radical (unpaired) electrons. The van der Waals surface area contributed by atoms with Crippen LogP contribution < -0.4 is 5.32 Å². The second-order valence-electron chi connectivity index (χ2n) is 6.13. The monoisotopic (exact) mass is 309 g/mol. The minimum atomic E-state index is -0.615. The van der Waals surface area contributed by atoms with Gasteiger partial charge >= 0.3 is 5.97 Å². The van der Waals surface area contributed by atoms with Crippen LogP contribution in [-0.4, -0.2) is 18.1 Å². The molecule has 1 aliphatic carbocycles. The summed E-state index contributed by atoms with van der Waals surface area (Å²) in [6.45, 7) is 6.72. The van der Waals surface area contributed by atoms with E-state index in [1.165, 1.54) is 0 Å². The molecule has 3 unspecified atom stereocenters. The summed E-state index contributed by atoms with van der Waals surface area (Å²) in [7, 11) is 0. The van der Waals surface area contributed by atoms with Crippen molar-refractivity contribution in [3.8, 4) is 0 Å². The normalized spacial score (nSPS) is 29.0. The van der Waals surface area contributed by atoms with Crippen LogP contribution in [0.4, 0.5) is 5.69 Å². The van der Waals surface area contributed by atoms with Crippen LogP contribution in [0.15, 0.2) is 24.3 Å². The largest absolute Gasteiger partial charge is 0.464 e. The SMILES string of the molecule is CCOC(=O)C1(Nc2ccc(Cl)cc2)CCC(C)C(C)C1. The van der Waals surface area contributed by atoms with Gasteiger partial charge in [-0.05, 0) is 62.3 Å². The summed E-state index contributed by atoms with van der Waals surface area (Å²) in [6.07, 6.45) is 2.64. The minimum Gasteiger partial charge on any atom is -0.464 e. The van der Waals surface area contributed by atoms with Crippen molar-refractivity contribution in [1.29, 1.82) is 0 Å². The average Bonchev–Trinajstić information content (AvgIpc) is 2.46. The Morgan fingerprint density at radius 3 is 2.57 bits per heavy atom. The molecule has 3 atom stereocenters. The zero-order valence-corrected chi connectivity index (χ0v) is 13.7. The number of carbonyl (C=O) groups excluding carboxylic acids is 1.